The number of nitrogens with one attached hydrogen (secondary N) is 2. The summed E-state index contributed by atoms with van der Waals surface area (Å²) < 4.78 is 11.0. The molecular formula is C13H20N2O2S. The van der Waals surface area contributed by atoms with Crippen molar-refractivity contribution >= 4 is 16.7 Å². The van der Waals surface area contributed by atoms with E-state index in [0.29, 0.717) is 17.9 Å². The van der Waals surface area contributed by atoms with E-state index in [2.05, 4.69) is 10.6 Å². The number of carbonyl (C=O) groups is 1. The molecule has 0 saturated heterocycles. The molecule has 2 unspecified atom stereocenters. The highest BCUT2D eigenvalue weighted by molar-refractivity contribution is 7.84. The van der Waals surface area contributed by atoms with Gasteiger partial charge in [-0.3, -0.25) is 9.00 Å². The van der Waals surface area contributed by atoms with Crippen LogP contribution in [0.1, 0.15) is 22.8 Å². The molecule has 2 N–H and O–H groups in total. The fraction of sp³-hybridized carbons (Fsp3) is 0.462. The van der Waals surface area contributed by atoms with E-state index in [0.717, 1.165) is 5.56 Å². The van der Waals surface area contributed by atoms with Gasteiger partial charge in [-0.15, -0.1) is 0 Å². The molecule has 1 aromatic carbocycles. The van der Waals surface area contributed by atoms with Crippen LogP contribution in [0.3, 0.4) is 0 Å². The Balaban J connectivity index is 2.49. The van der Waals surface area contributed by atoms with Crippen molar-refractivity contribution in [2.45, 2.75) is 19.5 Å². The molecule has 100 valence electrons. The van der Waals surface area contributed by atoms with Gasteiger partial charge in [0.1, 0.15) is 0 Å². The minimum Gasteiger partial charge on any atom is -0.355 e. The molecule has 2 atom stereocenters. The number of rotatable bonds is 6. The van der Waals surface area contributed by atoms with E-state index in [1.807, 2.05) is 19.1 Å². The molecule has 0 saturated carbocycles. The van der Waals surface area contributed by atoms with Gasteiger partial charge < -0.3 is 10.6 Å². The Morgan fingerprint density at radius 3 is 2.44 bits per heavy atom. The van der Waals surface area contributed by atoms with Crippen LogP contribution in [-0.2, 0) is 17.3 Å². The molecule has 0 aliphatic heterocycles. The summed E-state index contributed by atoms with van der Waals surface area (Å²) in [5.74, 6) is 0.570. The van der Waals surface area contributed by atoms with E-state index in [9.17, 15) is 9.00 Å². The number of carbonyl (C=O) groups excluding carboxylic acids is 1. The quantitative estimate of drug-likeness (QED) is 0.806. The van der Waals surface area contributed by atoms with Crippen LogP contribution in [0.25, 0.3) is 0 Å². The zero-order valence-corrected chi connectivity index (χ0v) is 11.8. The van der Waals surface area contributed by atoms with Crippen LogP contribution in [0.2, 0.25) is 0 Å². The van der Waals surface area contributed by atoms with Crippen molar-refractivity contribution < 1.29 is 9.00 Å². The van der Waals surface area contributed by atoms with Gasteiger partial charge in [-0.25, -0.2) is 0 Å². The highest BCUT2D eigenvalue weighted by Crippen LogP contribution is 2.04. The molecule has 0 fully saturated rings. The van der Waals surface area contributed by atoms with E-state index >= 15 is 0 Å². The average molecular weight is 268 g/mol. The van der Waals surface area contributed by atoms with Crippen LogP contribution in [0.4, 0.5) is 0 Å². The molecule has 0 aliphatic rings. The van der Waals surface area contributed by atoms with E-state index in [1.54, 1.807) is 25.4 Å². The second-order valence-corrected chi connectivity index (χ2v) is 5.78. The molecule has 0 heterocycles. The zero-order valence-electron chi connectivity index (χ0n) is 11.0. The molecule has 0 radical (unpaired) electrons. The Labute approximate surface area is 111 Å². The fourth-order valence-electron chi connectivity index (χ4n) is 1.62. The SMILES string of the molecule is CNC(=O)c1ccc(CNC(C)CS(C)=O)cc1. The minimum atomic E-state index is -0.780. The van der Waals surface area contributed by atoms with Crippen molar-refractivity contribution in [3.63, 3.8) is 0 Å². The smallest absolute Gasteiger partial charge is 0.251 e. The summed E-state index contributed by atoms with van der Waals surface area (Å²) in [7, 11) is 0.835. The predicted octanol–water partition coefficient (Wildman–Crippen LogP) is 0.903. The number of hydrogen-bond donors (Lipinski definition) is 2. The van der Waals surface area contributed by atoms with E-state index in [1.165, 1.54) is 0 Å². The lowest BCUT2D eigenvalue weighted by Crippen LogP contribution is -2.30. The predicted molar refractivity (Wildman–Crippen MR) is 75.1 cm³/mol. The lowest BCUT2D eigenvalue weighted by atomic mass is 10.1. The number of benzene rings is 1. The van der Waals surface area contributed by atoms with E-state index < -0.39 is 10.8 Å². The van der Waals surface area contributed by atoms with Crippen LogP contribution >= 0.6 is 0 Å². The summed E-state index contributed by atoms with van der Waals surface area (Å²) in [5.41, 5.74) is 1.76. The van der Waals surface area contributed by atoms with Crippen LogP contribution in [-0.4, -0.2) is 35.2 Å². The molecule has 0 bridgehead atoms. The van der Waals surface area contributed by atoms with Gasteiger partial charge in [0.2, 0.25) is 0 Å². The Kier molecular flexibility index (Phi) is 6.01. The maximum atomic E-state index is 11.4. The fourth-order valence-corrected chi connectivity index (χ4v) is 2.44. The largest absolute Gasteiger partial charge is 0.355 e. The van der Waals surface area contributed by atoms with E-state index in [4.69, 9.17) is 0 Å². The van der Waals surface area contributed by atoms with E-state index in [-0.39, 0.29) is 11.9 Å². The first kappa shape index (κ1) is 14.9. The Morgan fingerprint density at radius 2 is 1.94 bits per heavy atom. The average Bonchev–Trinajstić information content (AvgIpc) is 2.35. The molecule has 0 aliphatic carbocycles. The summed E-state index contributed by atoms with van der Waals surface area (Å²) in [4.78, 5) is 11.4. The van der Waals surface area contributed by atoms with Crippen molar-refractivity contribution in [3.8, 4) is 0 Å². The summed E-state index contributed by atoms with van der Waals surface area (Å²) in [6.07, 6.45) is 1.70. The normalized spacial score (nSPS) is 13.9. The third-order valence-corrected chi connectivity index (χ3v) is 3.55. The van der Waals surface area contributed by atoms with Crippen molar-refractivity contribution in [1.29, 1.82) is 0 Å². The monoisotopic (exact) mass is 268 g/mol. The van der Waals surface area contributed by atoms with Gasteiger partial charge in [0.15, 0.2) is 0 Å². The van der Waals surface area contributed by atoms with Crippen molar-refractivity contribution in [1.82, 2.24) is 10.6 Å². The molecule has 5 heteroatoms. The van der Waals surface area contributed by atoms with Crippen molar-refractivity contribution in [2.75, 3.05) is 19.1 Å². The van der Waals surface area contributed by atoms with Crippen LogP contribution in [0.5, 0.6) is 0 Å². The van der Waals surface area contributed by atoms with Gasteiger partial charge in [-0.05, 0) is 24.6 Å². The summed E-state index contributed by atoms with van der Waals surface area (Å²) in [5, 5.41) is 5.88. The number of hydrogen-bond acceptors (Lipinski definition) is 3. The second-order valence-electron chi connectivity index (χ2n) is 4.30. The third kappa shape index (κ3) is 4.98. The maximum Gasteiger partial charge on any atom is 0.251 e. The van der Waals surface area contributed by atoms with Gasteiger partial charge >= 0.3 is 0 Å². The second kappa shape index (κ2) is 7.28. The first-order valence-corrected chi connectivity index (χ1v) is 7.60. The van der Waals surface area contributed by atoms with Gasteiger partial charge in [0.05, 0.1) is 0 Å². The third-order valence-electron chi connectivity index (χ3n) is 2.58. The van der Waals surface area contributed by atoms with Gasteiger partial charge in [-0.1, -0.05) is 12.1 Å². The Morgan fingerprint density at radius 1 is 1.33 bits per heavy atom. The Hall–Kier alpha value is -1.20. The Bertz CT molecular complexity index is 418. The first-order chi connectivity index (χ1) is 8.52. The molecule has 1 aromatic rings. The van der Waals surface area contributed by atoms with Gasteiger partial charge in [0, 0.05) is 48.0 Å². The molecular weight excluding hydrogens is 248 g/mol. The van der Waals surface area contributed by atoms with Crippen LogP contribution in [0, 0.1) is 0 Å². The molecule has 1 rings (SSSR count). The molecule has 18 heavy (non-hydrogen) atoms. The molecule has 4 nitrogen and oxygen atoms in total. The number of amides is 1. The maximum absolute atomic E-state index is 11.4. The molecule has 0 aromatic heterocycles. The topological polar surface area (TPSA) is 58.2 Å². The molecule has 0 spiro atoms. The van der Waals surface area contributed by atoms with Crippen molar-refractivity contribution in [3.05, 3.63) is 35.4 Å². The molecule has 1 amide bonds. The summed E-state index contributed by atoms with van der Waals surface area (Å²) in [6, 6.07) is 7.67. The zero-order chi connectivity index (χ0) is 13.5. The lowest BCUT2D eigenvalue weighted by molar-refractivity contribution is 0.0963. The highest BCUT2D eigenvalue weighted by Gasteiger charge is 2.05. The van der Waals surface area contributed by atoms with Gasteiger partial charge in [-0.2, -0.15) is 0 Å². The van der Waals surface area contributed by atoms with Gasteiger partial charge in [0.25, 0.3) is 5.91 Å². The first-order valence-electron chi connectivity index (χ1n) is 5.87. The lowest BCUT2D eigenvalue weighted by Gasteiger charge is -2.12. The standard InChI is InChI=1S/C13H20N2O2S/c1-10(9-18(3)17)15-8-11-4-6-12(7-5-11)13(16)14-2/h4-7,10,15H,8-9H2,1-3H3,(H,14,16). The summed E-state index contributed by atoms with van der Waals surface area (Å²) in [6.45, 7) is 2.73. The van der Waals surface area contributed by atoms with Crippen LogP contribution in [0.15, 0.2) is 24.3 Å². The highest BCUT2D eigenvalue weighted by atomic mass is 32.2. The van der Waals surface area contributed by atoms with Crippen LogP contribution < -0.4 is 10.6 Å². The minimum absolute atomic E-state index is 0.0794. The van der Waals surface area contributed by atoms with Crippen molar-refractivity contribution in [2.24, 2.45) is 0 Å². The summed E-state index contributed by atoms with van der Waals surface area (Å²) >= 11 is 0.